The molecular weight excluding hydrogens is 336 g/mol. The summed E-state index contributed by atoms with van der Waals surface area (Å²) in [5, 5.41) is 9.66. The van der Waals surface area contributed by atoms with E-state index in [1.54, 1.807) is 26.4 Å². The van der Waals surface area contributed by atoms with E-state index in [2.05, 4.69) is 6.07 Å². The number of methoxy groups -OCH3 is 2. The fraction of sp³-hybridized carbons (Fsp3) is 0.211. The average molecular weight is 352 g/mol. The number of allylic oxidation sites excluding steroid dienone is 1. The van der Waals surface area contributed by atoms with Crippen molar-refractivity contribution in [3.8, 4) is 34.8 Å². The number of fused-ring (bicyclic) bond motifs is 2. The van der Waals surface area contributed by atoms with Gasteiger partial charge in [-0.2, -0.15) is 5.26 Å². The van der Waals surface area contributed by atoms with E-state index in [-0.39, 0.29) is 12.7 Å². The Labute approximate surface area is 150 Å². The van der Waals surface area contributed by atoms with Gasteiger partial charge in [0.1, 0.15) is 17.4 Å². The van der Waals surface area contributed by atoms with E-state index in [0.29, 0.717) is 34.3 Å². The Morgan fingerprint density at radius 3 is 2.46 bits per heavy atom. The third-order valence-electron chi connectivity index (χ3n) is 4.45. The van der Waals surface area contributed by atoms with E-state index in [9.17, 15) is 5.26 Å². The number of nitriles is 1. The molecule has 0 aliphatic carbocycles. The lowest BCUT2D eigenvalue weighted by Crippen LogP contribution is -2.21. The maximum absolute atomic E-state index is 9.66. The van der Waals surface area contributed by atoms with Crippen LogP contribution >= 0.6 is 0 Å². The Morgan fingerprint density at radius 2 is 1.77 bits per heavy atom. The lowest BCUT2D eigenvalue weighted by Gasteiger charge is -2.27. The van der Waals surface area contributed by atoms with Crippen LogP contribution in [0.25, 0.3) is 0 Å². The van der Waals surface area contributed by atoms with E-state index in [1.807, 2.05) is 18.2 Å². The second kappa shape index (κ2) is 6.08. The summed E-state index contributed by atoms with van der Waals surface area (Å²) in [5.41, 5.74) is 7.93. The van der Waals surface area contributed by atoms with Gasteiger partial charge in [0.2, 0.25) is 12.7 Å². The standard InChI is InChI=1S/C19H16N2O5/c1-22-13-4-3-10(5-15(13)23-2)18-11-6-16-17(25-9-24-16)7-14(11)26-19(21)12(18)8-20/h3-7,18H,9,21H2,1-2H3/t18-/m0/s1. The molecule has 0 spiro atoms. The number of ether oxygens (including phenoxy) is 5. The van der Waals surface area contributed by atoms with E-state index in [0.717, 1.165) is 11.1 Å². The Hall–Kier alpha value is -3.53. The smallest absolute Gasteiger partial charge is 0.231 e. The Balaban J connectivity index is 1.91. The number of rotatable bonds is 3. The minimum atomic E-state index is -0.418. The first kappa shape index (κ1) is 16.0. The molecule has 0 bridgehead atoms. The van der Waals surface area contributed by atoms with Crippen LogP contribution in [0.5, 0.6) is 28.7 Å². The van der Waals surface area contributed by atoms with Crippen molar-refractivity contribution < 1.29 is 23.7 Å². The maximum Gasteiger partial charge on any atom is 0.231 e. The van der Waals surface area contributed by atoms with Crippen LogP contribution in [0.15, 0.2) is 41.8 Å². The largest absolute Gasteiger partial charge is 0.493 e. The summed E-state index contributed by atoms with van der Waals surface area (Å²) in [6.45, 7) is 0.146. The molecule has 0 saturated carbocycles. The van der Waals surface area contributed by atoms with Crippen LogP contribution in [0.4, 0.5) is 0 Å². The molecule has 1 atom stereocenters. The molecule has 2 aliphatic heterocycles. The van der Waals surface area contributed by atoms with Crippen molar-refractivity contribution in [2.24, 2.45) is 5.73 Å². The van der Waals surface area contributed by atoms with Crippen molar-refractivity contribution in [3.05, 3.63) is 52.9 Å². The van der Waals surface area contributed by atoms with Gasteiger partial charge in [0.05, 0.1) is 20.1 Å². The van der Waals surface area contributed by atoms with Crippen molar-refractivity contribution in [1.82, 2.24) is 0 Å². The van der Waals surface area contributed by atoms with E-state index in [4.69, 9.17) is 29.4 Å². The molecule has 0 unspecified atom stereocenters. The topological polar surface area (TPSA) is 96.0 Å². The maximum atomic E-state index is 9.66. The predicted molar refractivity (Wildman–Crippen MR) is 91.4 cm³/mol. The molecule has 0 radical (unpaired) electrons. The van der Waals surface area contributed by atoms with Crippen LogP contribution in [0.3, 0.4) is 0 Å². The Morgan fingerprint density at radius 1 is 1.04 bits per heavy atom. The fourth-order valence-corrected chi connectivity index (χ4v) is 3.22. The highest BCUT2D eigenvalue weighted by atomic mass is 16.7. The summed E-state index contributed by atoms with van der Waals surface area (Å²) in [6, 6.07) is 11.2. The Kier molecular flexibility index (Phi) is 3.73. The predicted octanol–water partition coefficient (Wildman–Crippen LogP) is 2.65. The molecule has 26 heavy (non-hydrogen) atoms. The van der Waals surface area contributed by atoms with Crippen molar-refractivity contribution >= 4 is 0 Å². The van der Waals surface area contributed by atoms with E-state index in [1.165, 1.54) is 0 Å². The minimum absolute atomic E-state index is 0.0682. The molecule has 2 aliphatic rings. The number of benzene rings is 2. The summed E-state index contributed by atoms with van der Waals surface area (Å²) in [4.78, 5) is 0. The van der Waals surface area contributed by atoms with Crippen molar-refractivity contribution in [2.45, 2.75) is 5.92 Å². The number of hydrogen-bond acceptors (Lipinski definition) is 7. The first-order valence-corrected chi connectivity index (χ1v) is 7.89. The third-order valence-corrected chi connectivity index (χ3v) is 4.45. The highest BCUT2D eigenvalue weighted by Gasteiger charge is 2.33. The summed E-state index contributed by atoms with van der Waals surface area (Å²) in [7, 11) is 3.13. The molecule has 2 N–H and O–H groups in total. The van der Waals surface area contributed by atoms with Crippen LogP contribution in [0, 0.1) is 11.3 Å². The highest BCUT2D eigenvalue weighted by Crippen LogP contribution is 2.48. The molecule has 7 heteroatoms. The van der Waals surface area contributed by atoms with Gasteiger partial charge in [-0.3, -0.25) is 0 Å². The second-order valence-electron chi connectivity index (χ2n) is 5.78. The van der Waals surface area contributed by atoms with Gasteiger partial charge in [0.25, 0.3) is 0 Å². The van der Waals surface area contributed by atoms with Gasteiger partial charge < -0.3 is 29.4 Å². The SMILES string of the molecule is COc1ccc([C@@H]2C(C#N)=C(N)Oc3cc4c(cc32)OCO4)cc1OC. The summed E-state index contributed by atoms with van der Waals surface area (Å²) in [5.74, 6) is 2.54. The van der Waals surface area contributed by atoms with Crippen LogP contribution < -0.4 is 29.4 Å². The van der Waals surface area contributed by atoms with Crippen molar-refractivity contribution in [1.29, 1.82) is 5.26 Å². The molecule has 4 rings (SSSR count). The molecule has 0 aromatic heterocycles. The van der Waals surface area contributed by atoms with Gasteiger partial charge in [0, 0.05) is 11.6 Å². The zero-order valence-electron chi connectivity index (χ0n) is 14.2. The molecule has 132 valence electrons. The molecule has 2 heterocycles. The number of hydrogen-bond donors (Lipinski definition) is 1. The summed E-state index contributed by atoms with van der Waals surface area (Å²) in [6.07, 6.45) is 0. The minimum Gasteiger partial charge on any atom is -0.493 e. The fourth-order valence-electron chi connectivity index (χ4n) is 3.22. The van der Waals surface area contributed by atoms with Gasteiger partial charge in [-0.1, -0.05) is 6.07 Å². The number of nitrogens with zero attached hydrogens (tertiary/aromatic N) is 1. The third kappa shape index (κ3) is 2.35. The van der Waals surface area contributed by atoms with Crippen LogP contribution in [-0.4, -0.2) is 21.0 Å². The van der Waals surface area contributed by atoms with Crippen LogP contribution in [-0.2, 0) is 0 Å². The zero-order chi connectivity index (χ0) is 18.3. The van der Waals surface area contributed by atoms with E-state index < -0.39 is 5.92 Å². The normalized spacial score (nSPS) is 17.2. The number of nitrogens with two attached hydrogens (primary N) is 1. The van der Waals surface area contributed by atoms with Crippen LogP contribution in [0.1, 0.15) is 17.0 Å². The molecule has 2 aromatic carbocycles. The van der Waals surface area contributed by atoms with Gasteiger partial charge in [-0.05, 0) is 23.8 Å². The van der Waals surface area contributed by atoms with Gasteiger partial charge in [-0.25, -0.2) is 0 Å². The first-order valence-electron chi connectivity index (χ1n) is 7.89. The Bertz CT molecular complexity index is 961. The van der Waals surface area contributed by atoms with Crippen molar-refractivity contribution in [2.75, 3.05) is 21.0 Å². The van der Waals surface area contributed by atoms with Gasteiger partial charge >= 0.3 is 0 Å². The van der Waals surface area contributed by atoms with E-state index >= 15 is 0 Å². The molecule has 0 saturated heterocycles. The van der Waals surface area contributed by atoms with Gasteiger partial charge in [-0.15, -0.1) is 0 Å². The highest BCUT2D eigenvalue weighted by molar-refractivity contribution is 5.62. The molecular formula is C19H16N2O5. The molecule has 0 fully saturated rings. The monoisotopic (exact) mass is 352 g/mol. The second-order valence-corrected chi connectivity index (χ2v) is 5.78. The summed E-state index contributed by atoms with van der Waals surface area (Å²) < 4.78 is 27.2. The quantitative estimate of drug-likeness (QED) is 0.907. The molecule has 0 amide bonds. The van der Waals surface area contributed by atoms with Crippen LogP contribution in [0.2, 0.25) is 0 Å². The van der Waals surface area contributed by atoms with Gasteiger partial charge in [0.15, 0.2) is 23.0 Å². The zero-order valence-corrected chi connectivity index (χ0v) is 14.2. The summed E-state index contributed by atoms with van der Waals surface area (Å²) >= 11 is 0. The van der Waals surface area contributed by atoms with Crippen molar-refractivity contribution in [3.63, 3.8) is 0 Å². The lowest BCUT2D eigenvalue weighted by atomic mass is 9.83. The first-order chi connectivity index (χ1) is 12.7. The molecule has 2 aromatic rings. The lowest BCUT2D eigenvalue weighted by molar-refractivity contribution is 0.174. The average Bonchev–Trinajstić information content (AvgIpc) is 3.12. The molecule has 7 nitrogen and oxygen atoms in total.